The molecule has 6 heterocycles. The van der Waals surface area contributed by atoms with E-state index in [0.29, 0.717) is 28.6 Å². The Morgan fingerprint density at radius 3 is 2.56 bits per heavy atom. The molecule has 0 unspecified atom stereocenters. The first-order chi connectivity index (χ1) is 20.2. The number of rotatable bonds is 6. The molecular formula is C30H26N10O. The molecule has 7 aromatic rings. The quantitative estimate of drug-likeness (QED) is 0.333. The highest BCUT2D eigenvalue weighted by Gasteiger charge is 2.19. The third-order valence-electron chi connectivity index (χ3n) is 7.80. The number of nitrogens with zero attached hydrogens (tertiary/aromatic N) is 9. The van der Waals surface area contributed by atoms with Crippen molar-refractivity contribution in [3.63, 3.8) is 0 Å². The topological polar surface area (TPSA) is 111 Å². The Hall–Kier alpha value is -5.16. The van der Waals surface area contributed by atoms with Crippen molar-refractivity contribution in [2.45, 2.75) is 19.4 Å². The Balaban J connectivity index is 1.16. The lowest BCUT2D eigenvalue weighted by Gasteiger charge is -2.15. The number of hydrogen-bond acceptors (Lipinski definition) is 8. The summed E-state index contributed by atoms with van der Waals surface area (Å²) in [4.78, 5) is 38.9. The third kappa shape index (κ3) is 4.01. The number of para-hydroxylation sites is 1. The predicted molar refractivity (Wildman–Crippen MR) is 158 cm³/mol. The van der Waals surface area contributed by atoms with Gasteiger partial charge in [0.25, 0.3) is 5.56 Å². The van der Waals surface area contributed by atoms with Crippen LogP contribution in [-0.2, 0) is 6.54 Å². The molecule has 0 amide bonds. The van der Waals surface area contributed by atoms with Crippen molar-refractivity contribution >= 4 is 50.1 Å². The minimum Gasteiger partial charge on any atom is -0.346 e. The number of anilines is 2. The second-order valence-corrected chi connectivity index (χ2v) is 10.3. The fraction of sp³-hybridized carbons (Fsp3) is 0.200. The maximum Gasteiger partial charge on any atom is 0.284 e. The minimum absolute atomic E-state index is 0.295. The van der Waals surface area contributed by atoms with E-state index in [4.69, 9.17) is 4.98 Å². The van der Waals surface area contributed by atoms with Crippen LogP contribution in [0.5, 0.6) is 0 Å². The number of fused-ring (bicyclic) bond motifs is 5. The molecule has 2 aromatic carbocycles. The highest BCUT2D eigenvalue weighted by atomic mass is 16.1. The van der Waals surface area contributed by atoms with Gasteiger partial charge in [-0.15, -0.1) is 0 Å². The van der Waals surface area contributed by atoms with Crippen LogP contribution in [0.15, 0.2) is 84.2 Å². The van der Waals surface area contributed by atoms with Crippen LogP contribution in [0.1, 0.15) is 12.8 Å². The first kappa shape index (κ1) is 23.7. The van der Waals surface area contributed by atoms with E-state index in [9.17, 15) is 4.79 Å². The molecule has 202 valence electrons. The standard InChI is InChI=1S/C30H26N10O/c41-28-23-19-33-29(34-21-8-9-24-20(18-21)10-15-38(24)17-16-37-13-3-4-14-37)36-26(23)35-27-22-6-1-2-7-25(22)39(40(27)28)30-31-11-5-12-32-30/h1-2,5-12,15,18-19H,3-4,13-14,16-17H2,(H,33,34,36). The van der Waals surface area contributed by atoms with Gasteiger partial charge < -0.3 is 14.8 Å². The van der Waals surface area contributed by atoms with Gasteiger partial charge in [-0.1, -0.05) is 12.1 Å². The Morgan fingerprint density at radius 2 is 1.68 bits per heavy atom. The summed E-state index contributed by atoms with van der Waals surface area (Å²) in [5.41, 5.74) is 3.34. The third-order valence-corrected chi connectivity index (χ3v) is 7.80. The van der Waals surface area contributed by atoms with Crippen LogP contribution in [-0.4, -0.2) is 63.2 Å². The zero-order valence-corrected chi connectivity index (χ0v) is 22.2. The second kappa shape index (κ2) is 9.49. The Morgan fingerprint density at radius 1 is 0.829 bits per heavy atom. The van der Waals surface area contributed by atoms with Gasteiger partial charge in [-0.3, -0.25) is 4.79 Å². The van der Waals surface area contributed by atoms with Crippen LogP contribution >= 0.6 is 0 Å². The number of aromatic nitrogens is 8. The SMILES string of the molecule is O=c1c2cnc(Nc3ccc4c(ccn4CCN4CCCC4)c3)nc2nc2c3ccccc3n(-c3ncccn3)n12. The summed E-state index contributed by atoms with van der Waals surface area (Å²) >= 11 is 0. The van der Waals surface area contributed by atoms with Gasteiger partial charge in [0.1, 0.15) is 5.39 Å². The number of nitrogens with one attached hydrogen (secondary N) is 1. The van der Waals surface area contributed by atoms with Gasteiger partial charge in [0.15, 0.2) is 11.3 Å². The van der Waals surface area contributed by atoms with Crippen LogP contribution in [0.4, 0.5) is 11.6 Å². The molecule has 5 aromatic heterocycles. The van der Waals surface area contributed by atoms with Crippen molar-refractivity contribution in [1.82, 2.24) is 43.6 Å². The molecule has 0 aliphatic carbocycles. The molecule has 11 heteroatoms. The molecule has 1 aliphatic heterocycles. The highest BCUT2D eigenvalue weighted by molar-refractivity contribution is 5.95. The smallest absolute Gasteiger partial charge is 0.284 e. The molecule has 0 spiro atoms. The Labute approximate surface area is 233 Å². The monoisotopic (exact) mass is 542 g/mol. The van der Waals surface area contributed by atoms with Crippen molar-refractivity contribution in [2.75, 3.05) is 25.0 Å². The number of hydrogen-bond donors (Lipinski definition) is 1. The molecule has 1 N–H and O–H groups in total. The fourth-order valence-corrected chi connectivity index (χ4v) is 5.80. The van der Waals surface area contributed by atoms with E-state index in [1.54, 1.807) is 23.1 Å². The zero-order chi connectivity index (χ0) is 27.3. The van der Waals surface area contributed by atoms with Gasteiger partial charge in [0, 0.05) is 59.9 Å². The summed E-state index contributed by atoms with van der Waals surface area (Å²) in [5.74, 6) is 0.748. The van der Waals surface area contributed by atoms with Gasteiger partial charge in [-0.05, 0) is 68.4 Å². The van der Waals surface area contributed by atoms with Crippen molar-refractivity contribution in [1.29, 1.82) is 0 Å². The van der Waals surface area contributed by atoms with Gasteiger partial charge in [0.2, 0.25) is 11.9 Å². The van der Waals surface area contributed by atoms with Crippen molar-refractivity contribution in [3.05, 3.63) is 89.7 Å². The molecule has 0 radical (unpaired) electrons. The molecule has 0 atom stereocenters. The Bertz CT molecular complexity index is 2120. The average molecular weight is 543 g/mol. The predicted octanol–water partition coefficient (Wildman–Crippen LogP) is 4.17. The lowest BCUT2D eigenvalue weighted by Crippen LogP contribution is -2.23. The van der Waals surface area contributed by atoms with E-state index in [2.05, 4.69) is 59.1 Å². The molecule has 8 rings (SSSR count). The molecule has 1 fully saturated rings. The zero-order valence-electron chi connectivity index (χ0n) is 22.2. The number of benzene rings is 2. The van der Waals surface area contributed by atoms with Gasteiger partial charge in [-0.2, -0.15) is 9.50 Å². The van der Waals surface area contributed by atoms with E-state index >= 15 is 0 Å². The molecule has 0 bridgehead atoms. The van der Waals surface area contributed by atoms with Crippen LogP contribution < -0.4 is 10.9 Å². The minimum atomic E-state index is -0.295. The summed E-state index contributed by atoms with van der Waals surface area (Å²) in [5, 5.41) is 5.54. The molecule has 0 saturated carbocycles. The molecule has 1 saturated heterocycles. The Kier molecular flexibility index (Phi) is 5.49. The van der Waals surface area contributed by atoms with Gasteiger partial charge in [0.05, 0.1) is 5.52 Å². The van der Waals surface area contributed by atoms with Crippen LogP contribution in [0.25, 0.3) is 44.4 Å². The van der Waals surface area contributed by atoms with Gasteiger partial charge in [-0.25, -0.2) is 24.6 Å². The first-order valence-electron chi connectivity index (χ1n) is 13.8. The van der Waals surface area contributed by atoms with E-state index < -0.39 is 0 Å². The van der Waals surface area contributed by atoms with E-state index in [1.165, 1.54) is 42.2 Å². The highest BCUT2D eigenvalue weighted by Crippen LogP contribution is 2.25. The van der Waals surface area contributed by atoms with Crippen molar-refractivity contribution in [2.24, 2.45) is 0 Å². The summed E-state index contributed by atoms with van der Waals surface area (Å²) in [6.45, 7) is 4.46. The maximum absolute atomic E-state index is 13.7. The molecule has 11 nitrogen and oxygen atoms in total. The van der Waals surface area contributed by atoms with Crippen LogP contribution in [0.2, 0.25) is 0 Å². The van der Waals surface area contributed by atoms with Crippen molar-refractivity contribution in [3.8, 4) is 5.95 Å². The molecular weight excluding hydrogens is 516 g/mol. The largest absolute Gasteiger partial charge is 0.346 e. The van der Waals surface area contributed by atoms with Crippen LogP contribution in [0.3, 0.4) is 0 Å². The van der Waals surface area contributed by atoms with Crippen LogP contribution in [0, 0.1) is 0 Å². The lowest BCUT2D eigenvalue weighted by atomic mass is 10.2. The molecule has 1 aliphatic rings. The van der Waals surface area contributed by atoms with E-state index in [1.807, 2.05) is 30.3 Å². The van der Waals surface area contributed by atoms with Crippen molar-refractivity contribution < 1.29 is 0 Å². The summed E-state index contributed by atoms with van der Waals surface area (Å²) in [6, 6.07) is 17.8. The van der Waals surface area contributed by atoms with Gasteiger partial charge >= 0.3 is 0 Å². The number of likely N-dealkylation sites (tertiary alicyclic amines) is 1. The van der Waals surface area contributed by atoms with E-state index in [0.717, 1.165) is 35.1 Å². The fourth-order valence-electron chi connectivity index (χ4n) is 5.80. The lowest BCUT2D eigenvalue weighted by molar-refractivity contribution is 0.324. The second-order valence-electron chi connectivity index (χ2n) is 10.3. The van der Waals surface area contributed by atoms with E-state index in [-0.39, 0.29) is 5.56 Å². The normalized spacial score (nSPS) is 14.1. The summed E-state index contributed by atoms with van der Waals surface area (Å²) < 4.78 is 5.47. The maximum atomic E-state index is 13.7. The summed E-state index contributed by atoms with van der Waals surface area (Å²) in [6.07, 6.45) is 9.57. The average Bonchev–Trinajstić information content (AvgIpc) is 3.75. The first-order valence-corrected chi connectivity index (χ1v) is 13.8. The molecule has 41 heavy (non-hydrogen) atoms. The summed E-state index contributed by atoms with van der Waals surface area (Å²) in [7, 11) is 0.